The second-order valence-corrected chi connectivity index (χ2v) is 3.96. The predicted octanol–water partition coefficient (Wildman–Crippen LogP) is 2.15. The zero-order valence-electron chi connectivity index (χ0n) is 8.33. The summed E-state index contributed by atoms with van der Waals surface area (Å²) >= 11 is 0. The molecule has 0 aliphatic heterocycles. The van der Waals surface area contributed by atoms with Gasteiger partial charge in [-0.15, -0.1) is 0 Å². The van der Waals surface area contributed by atoms with E-state index in [4.69, 9.17) is 0 Å². The van der Waals surface area contributed by atoms with Crippen molar-refractivity contribution in [2.24, 2.45) is 11.8 Å². The first-order valence-corrected chi connectivity index (χ1v) is 4.39. The first-order chi connectivity index (χ1) is 5.43. The third kappa shape index (κ3) is 4.99. The maximum absolute atomic E-state index is 10.6. The van der Waals surface area contributed by atoms with Gasteiger partial charge in [0.1, 0.15) is 0 Å². The summed E-state index contributed by atoms with van der Waals surface area (Å²) in [6.07, 6.45) is -1.06. The van der Waals surface area contributed by atoms with Crippen LogP contribution in [0.3, 0.4) is 0 Å². The van der Waals surface area contributed by atoms with Gasteiger partial charge in [-0.2, -0.15) is 0 Å². The number of hydrogen-bond acceptors (Lipinski definition) is 1. The lowest BCUT2D eigenvalue weighted by Gasteiger charge is -2.21. The Morgan fingerprint density at radius 1 is 1.08 bits per heavy atom. The van der Waals surface area contributed by atoms with E-state index in [2.05, 4.69) is 0 Å². The second kappa shape index (κ2) is 5.01. The van der Waals surface area contributed by atoms with Crippen LogP contribution in [-0.2, 0) is 5.11 Å². The van der Waals surface area contributed by atoms with Crippen molar-refractivity contribution >= 4 is 6.09 Å². The Labute approximate surface area is 74.4 Å². The Balaban J connectivity index is 3.96. The maximum Gasteiger partial charge on any atom is 0.453 e. The van der Waals surface area contributed by atoms with Crippen molar-refractivity contribution in [1.29, 1.82) is 0 Å². The number of rotatable bonds is 4. The van der Waals surface area contributed by atoms with Gasteiger partial charge >= 0.3 is 6.09 Å². The number of carbonyl (C=O) groups is 1. The van der Waals surface area contributed by atoms with Crippen molar-refractivity contribution < 1.29 is 9.90 Å². The van der Waals surface area contributed by atoms with Gasteiger partial charge in [-0.1, -0.05) is 27.7 Å². The van der Waals surface area contributed by atoms with Crippen LogP contribution in [0.4, 0.5) is 4.79 Å². The van der Waals surface area contributed by atoms with Crippen LogP contribution in [0.1, 0.15) is 27.7 Å². The van der Waals surface area contributed by atoms with Gasteiger partial charge in [0.15, 0.2) is 0 Å². The van der Waals surface area contributed by atoms with E-state index in [9.17, 15) is 9.90 Å². The van der Waals surface area contributed by atoms with Crippen LogP contribution in [0.15, 0.2) is 0 Å². The minimum Gasteiger partial charge on any atom is -0.305 e. The van der Waals surface area contributed by atoms with Crippen molar-refractivity contribution in [2.45, 2.75) is 27.7 Å². The lowest BCUT2D eigenvalue weighted by molar-refractivity contribution is 0.109. The zero-order chi connectivity index (χ0) is 9.72. The Kier molecular flexibility index (Phi) is 4.71. The molecule has 0 saturated carbocycles. The summed E-state index contributed by atoms with van der Waals surface area (Å²) in [5.41, 5.74) is 0. The quantitative estimate of drug-likeness (QED) is 0.640. The van der Waals surface area contributed by atoms with Gasteiger partial charge < -0.3 is 4.90 Å². The fourth-order valence-corrected chi connectivity index (χ4v) is 1.11. The molecule has 0 aromatic rings. The van der Waals surface area contributed by atoms with E-state index in [0.717, 1.165) is 0 Å². The standard InChI is InChI=1S/C9H18NO2/c1-7(2)5-10(9(11)12)6-8(3)4/h7-8H,5-6H2,1-4H3. The van der Waals surface area contributed by atoms with Crippen LogP contribution in [0.25, 0.3) is 0 Å². The normalized spacial score (nSPS) is 10.8. The highest BCUT2D eigenvalue weighted by Crippen LogP contribution is 2.03. The summed E-state index contributed by atoms with van der Waals surface area (Å²) < 4.78 is 0. The molecule has 0 aliphatic rings. The molecule has 0 aliphatic carbocycles. The fourth-order valence-electron chi connectivity index (χ4n) is 1.11. The van der Waals surface area contributed by atoms with E-state index < -0.39 is 6.09 Å². The molecule has 0 N–H and O–H groups in total. The monoisotopic (exact) mass is 172 g/mol. The van der Waals surface area contributed by atoms with Crippen molar-refractivity contribution in [3.63, 3.8) is 0 Å². The van der Waals surface area contributed by atoms with Crippen LogP contribution >= 0.6 is 0 Å². The van der Waals surface area contributed by atoms with Gasteiger partial charge in [-0.3, -0.25) is 0 Å². The smallest absolute Gasteiger partial charge is 0.305 e. The number of amides is 1. The molecular weight excluding hydrogens is 154 g/mol. The minimum absolute atomic E-state index is 0.363. The van der Waals surface area contributed by atoms with E-state index >= 15 is 0 Å². The van der Waals surface area contributed by atoms with E-state index in [1.807, 2.05) is 27.7 Å². The molecule has 12 heavy (non-hydrogen) atoms. The van der Waals surface area contributed by atoms with Crippen molar-refractivity contribution in [1.82, 2.24) is 4.90 Å². The van der Waals surface area contributed by atoms with Crippen molar-refractivity contribution in [3.8, 4) is 0 Å². The molecule has 3 heteroatoms. The number of carbonyl (C=O) groups excluding carboxylic acids is 1. The molecule has 1 amide bonds. The third-order valence-corrected chi connectivity index (χ3v) is 1.43. The molecule has 0 bridgehead atoms. The SMILES string of the molecule is CC(C)CN(CC(C)C)C([O])=O. The van der Waals surface area contributed by atoms with Gasteiger partial charge in [-0.25, -0.2) is 9.90 Å². The summed E-state index contributed by atoms with van der Waals surface area (Å²) in [6, 6.07) is 0. The highest BCUT2D eigenvalue weighted by molar-refractivity contribution is 5.64. The van der Waals surface area contributed by atoms with E-state index in [1.165, 1.54) is 4.90 Å². The molecule has 71 valence electrons. The topological polar surface area (TPSA) is 40.2 Å². The molecule has 0 aromatic heterocycles. The van der Waals surface area contributed by atoms with Gasteiger partial charge in [0.25, 0.3) is 0 Å². The van der Waals surface area contributed by atoms with E-state index in [0.29, 0.717) is 24.9 Å². The van der Waals surface area contributed by atoms with Crippen molar-refractivity contribution in [3.05, 3.63) is 0 Å². The first kappa shape index (κ1) is 11.3. The van der Waals surface area contributed by atoms with Crippen LogP contribution in [0, 0.1) is 11.8 Å². The van der Waals surface area contributed by atoms with Gasteiger partial charge in [0.2, 0.25) is 0 Å². The van der Waals surface area contributed by atoms with Crippen molar-refractivity contribution in [2.75, 3.05) is 13.1 Å². The lowest BCUT2D eigenvalue weighted by Crippen LogP contribution is -2.35. The van der Waals surface area contributed by atoms with Crippen LogP contribution in [0.2, 0.25) is 0 Å². The summed E-state index contributed by atoms with van der Waals surface area (Å²) in [4.78, 5) is 12.0. The first-order valence-electron chi connectivity index (χ1n) is 4.39. The molecule has 0 aromatic carbocycles. The molecule has 0 spiro atoms. The molecule has 0 fully saturated rings. The second-order valence-electron chi connectivity index (χ2n) is 3.96. The maximum atomic E-state index is 10.6. The summed E-state index contributed by atoms with van der Waals surface area (Å²) in [5.74, 6) is 0.725. The number of nitrogens with zero attached hydrogens (tertiary/aromatic N) is 1. The Bertz CT molecular complexity index is 133. The zero-order valence-corrected chi connectivity index (χ0v) is 8.33. The average Bonchev–Trinajstić information content (AvgIpc) is 1.83. The average molecular weight is 172 g/mol. The third-order valence-electron chi connectivity index (χ3n) is 1.43. The molecule has 0 unspecified atom stereocenters. The highest BCUT2D eigenvalue weighted by Gasteiger charge is 2.15. The fraction of sp³-hybridized carbons (Fsp3) is 0.889. The predicted molar refractivity (Wildman–Crippen MR) is 47.3 cm³/mol. The lowest BCUT2D eigenvalue weighted by atomic mass is 10.1. The summed E-state index contributed by atoms with van der Waals surface area (Å²) in [6.45, 7) is 9.13. The highest BCUT2D eigenvalue weighted by atomic mass is 16.4. The Morgan fingerprint density at radius 2 is 1.42 bits per heavy atom. The van der Waals surface area contributed by atoms with Gasteiger partial charge in [0, 0.05) is 13.1 Å². The van der Waals surface area contributed by atoms with Gasteiger partial charge in [0.05, 0.1) is 0 Å². The van der Waals surface area contributed by atoms with E-state index in [-0.39, 0.29) is 0 Å². The van der Waals surface area contributed by atoms with Gasteiger partial charge in [-0.05, 0) is 11.8 Å². The van der Waals surface area contributed by atoms with Crippen LogP contribution in [0.5, 0.6) is 0 Å². The molecule has 0 rings (SSSR count). The molecule has 0 heterocycles. The largest absolute Gasteiger partial charge is 0.453 e. The molecule has 3 nitrogen and oxygen atoms in total. The van der Waals surface area contributed by atoms with E-state index in [1.54, 1.807) is 0 Å². The minimum atomic E-state index is -1.06. The summed E-state index contributed by atoms with van der Waals surface area (Å²) in [7, 11) is 0. The summed E-state index contributed by atoms with van der Waals surface area (Å²) in [5, 5.41) is 10.6. The molecular formula is C9H18NO2. The van der Waals surface area contributed by atoms with Crippen LogP contribution in [-0.4, -0.2) is 24.1 Å². The van der Waals surface area contributed by atoms with Crippen LogP contribution < -0.4 is 0 Å². The molecule has 0 saturated heterocycles. The number of hydrogen-bond donors (Lipinski definition) is 0. The molecule has 1 radical (unpaired) electrons. The Hall–Kier alpha value is -0.730. The molecule has 0 atom stereocenters. The Morgan fingerprint density at radius 3 is 1.58 bits per heavy atom.